The zero-order valence-electron chi connectivity index (χ0n) is 15.8. The predicted octanol–water partition coefficient (Wildman–Crippen LogP) is 1.87. The molecule has 0 spiro atoms. The van der Waals surface area contributed by atoms with Gasteiger partial charge in [-0.25, -0.2) is 0 Å². The Morgan fingerprint density at radius 1 is 1.04 bits per heavy atom. The van der Waals surface area contributed by atoms with Crippen LogP contribution in [0.5, 0.6) is 0 Å². The number of hydrogen-bond donors (Lipinski definition) is 2. The van der Waals surface area contributed by atoms with Crippen molar-refractivity contribution in [2.24, 2.45) is 0 Å². The van der Waals surface area contributed by atoms with Gasteiger partial charge in [-0.05, 0) is 32.0 Å². The second-order valence-electron chi connectivity index (χ2n) is 6.74. The molecule has 7 nitrogen and oxygen atoms in total. The van der Waals surface area contributed by atoms with Crippen molar-refractivity contribution in [2.45, 2.75) is 20.3 Å². The lowest BCUT2D eigenvalue weighted by atomic mass is 10.2. The molecule has 0 unspecified atom stereocenters. The average molecular weight is 370 g/mol. The molecule has 1 aliphatic rings. The van der Waals surface area contributed by atoms with Gasteiger partial charge in [-0.3, -0.25) is 25.3 Å². The molecule has 27 heavy (non-hydrogen) atoms. The number of amides is 2. The van der Waals surface area contributed by atoms with E-state index in [4.69, 9.17) is 4.42 Å². The Hall–Kier alpha value is -2.80. The fourth-order valence-electron chi connectivity index (χ4n) is 3.24. The molecule has 0 atom stereocenters. The van der Waals surface area contributed by atoms with E-state index in [0.29, 0.717) is 30.0 Å². The molecule has 1 fully saturated rings. The van der Waals surface area contributed by atoms with Crippen molar-refractivity contribution < 1.29 is 14.0 Å². The first kappa shape index (κ1) is 19.0. The zero-order chi connectivity index (χ0) is 19.2. The summed E-state index contributed by atoms with van der Waals surface area (Å²) in [7, 11) is 0. The van der Waals surface area contributed by atoms with Crippen molar-refractivity contribution >= 4 is 17.5 Å². The van der Waals surface area contributed by atoms with Crippen LogP contribution in [0, 0.1) is 13.8 Å². The largest absolute Gasteiger partial charge is 0.466 e. The van der Waals surface area contributed by atoms with Gasteiger partial charge in [0, 0.05) is 44.8 Å². The Kier molecular flexibility index (Phi) is 6.13. The van der Waals surface area contributed by atoms with Crippen molar-refractivity contribution in [2.75, 3.05) is 37.6 Å². The molecular formula is C20H26N4O3. The molecule has 2 aromatic rings. The van der Waals surface area contributed by atoms with Crippen LogP contribution in [0.4, 0.5) is 5.69 Å². The third-order valence-corrected chi connectivity index (χ3v) is 4.75. The molecule has 0 aliphatic carbocycles. The van der Waals surface area contributed by atoms with E-state index >= 15 is 0 Å². The number of nitrogens with one attached hydrogen (secondary N) is 2. The lowest BCUT2D eigenvalue weighted by molar-refractivity contribution is -0.122. The van der Waals surface area contributed by atoms with Crippen molar-refractivity contribution in [3.05, 3.63) is 53.5 Å². The summed E-state index contributed by atoms with van der Waals surface area (Å²) in [5.74, 6) is 0.634. The number of carbonyl (C=O) groups is 2. The summed E-state index contributed by atoms with van der Waals surface area (Å²) in [5, 5.41) is 0. The maximum Gasteiger partial charge on any atom is 0.273 e. The molecule has 144 valence electrons. The zero-order valence-corrected chi connectivity index (χ0v) is 15.8. The van der Waals surface area contributed by atoms with E-state index in [1.54, 1.807) is 19.9 Å². The molecule has 2 amide bonds. The minimum absolute atomic E-state index is 0.202. The van der Waals surface area contributed by atoms with E-state index in [0.717, 1.165) is 26.2 Å². The van der Waals surface area contributed by atoms with E-state index in [1.807, 2.05) is 18.2 Å². The SMILES string of the molecule is Cc1cc(C(=O)NNC(=O)CCN2CCN(c3ccccc3)CC2)c(C)o1. The van der Waals surface area contributed by atoms with Gasteiger partial charge < -0.3 is 9.32 Å². The minimum atomic E-state index is -0.367. The Morgan fingerprint density at radius 2 is 1.74 bits per heavy atom. The molecule has 1 aromatic carbocycles. The van der Waals surface area contributed by atoms with Gasteiger partial charge in [-0.2, -0.15) is 0 Å². The van der Waals surface area contributed by atoms with Crippen LogP contribution >= 0.6 is 0 Å². The Balaban J connectivity index is 1.36. The molecule has 1 aromatic heterocycles. The summed E-state index contributed by atoms with van der Waals surface area (Å²) in [6.45, 7) is 7.90. The molecule has 0 radical (unpaired) electrons. The fraction of sp³-hybridized carbons (Fsp3) is 0.400. The number of hydrazine groups is 1. The van der Waals surface area contributed by atoms with Gasteiger partial charge in [0.2, 0.25) is 5.91 Å². The highest BCUT2D eigenvalue weighted by atomic mass is 16.3. The summed E-state index contributed by atoms with van der Waals surface area (Å²) in [5.41, 5.74) is 6.59. The number of benzene rings is 1. The number of para-hydroxylation sites is 1. The van der Waals surface area contributed by atoms with Gasteiger partial charge in [-0.1, -0.05) is 18.2 Å². The highest BCUT2D eigenvalue weighted by Gasteiger charge is 2.18. The van der Waals surface area contributed by atoms with Gasteiger partial charge >= 0.3 is 0 Å². The van der Waals surface area contributed by atoms with E-state index in [1.165, 1.54) is 5.69 Å². The van der Waals surface area contributed by atoms with Crippen molar-refractivity contribution in [1.82, 2.24) is 15.8 Å². The van der Waals surface area contributed by atoms with E-state index in [2.05, 4.69) is 32.8 Å². The number of aryl methyl sites for hydroxylation is 2. The van der Waals surface area contributed by atoms with Crippen LogP contribution in [0.2, 0.25) is 0 Å². The van der Waals surface area contributed by atoms with Crippen LogP contribution in [0.1, 0.15) is 28.3 Å². The van der Waals surface area contributed by atoms with E-state index < -0.39 is 0 Å². The number of hydrogen-bond acceptors (Lipinski definition) is 5. The van der Waals surface area contributed by atoms with E-state index in [9.17, 15) is 9.59 Å². The molecule has 2 heterocycles. The summed E-state index contributed by atoms with van der Waals surface area (Å²) < 4.78 is 5.33. The molecule has 3 rings (SSSR count). The topological polar surface area (TPSA) is 77.8 Å². The number of piperazine rings is 1. The lowest BCUT2D eigenvalue weighted by Crippen LogP contribution is -2.48. The second kappa shape index (κ2) is 8.73. The molecular weight excluding hydrogens is 344 g/mol. The molecule has 0 saturated carbocycles. The third-order valence-electron chi connectivity index (χ3n) is 4.75. The number of furan rings is 1. The smallest absolute Gasteiger partial charge is 0.273 e. The predicted molar refractivity (Wildman–Crippen MR) is 104 cm³/mol. The number of nitrogens with zero attached hydrogens (tertiary/aromatic N) is 2. The Morgan fingerprint density at radius 3 is 2.37 bits per heavy atom. The normalized spacial score (nSPS) is 14.8. The second-order valence-corrected chi connectivity index (χ2v) is 6.74. The van der Waals surface area contributed by atoms with Crippen LogP contribution in [-0.4, -0.2) is 49.4 Å². The maximum absolute atomic E-state index is 12.1. The minimum Gasteiger partial charge on any atom is -0.466 e. The highest BCUT2D eigenvalue weighted by molar-refractivity contribution is 5.96. The van der Waals surface area contributed by atoms with Crippen LogP contribution in [0.3, 0.4) is 0 Å². The first-order chi connectivity index (χ1) is 13.0. The van der Waals surface area contributed by atoms with Crippen molar-refractivity contribution in [3.63, 3.8) is 0 Å². The van der Waals surface area contributed by atoms with Gasteiger partial charge in [0.1, 0.15) is 11.5 Å². The summed E-state index contributed by atoms with van der Waals surface area (Å²) in [6.07, 6.45) is 0.342. The van der Waals surface area contributed by atoms with Crippen molar-refractivity contribution in [3.8, 4) is 0 Å². The fourth-order valence-corrected chi connectivity index (χ4v) is 3.24. The summed E-state index contributed by atoms with van der Waals surface area (Å²) in [4.78, 5) is 28.7. The number of rotatable bonds is 5. The number of carbonyl (C=O) groups excluding carboxylic acids is 2. The standard InChI is InChI=1S/C20H26N4O3/c1-15-14-18(16(2)27-15)20(26)22-21-19(25)8-9-23-10-12-24(13-11-23)17-6-4-3-5-7-17/h3-7,14H,8-13H2,1-2H3,(H,21,25)(H,22,26). The van der Waals surface area contributed by atoms with Crippen LogP contribution < -0.4 is 15.8 Å². The molecule has 2 N–H and O–H groups in total. The molecule has 1 saturated heterocycles. The third kappa shape index (κ3) is 5.10. The first-order valence-corrected chi connectivity index (χ1v) is 9.21. The monoisotopic (exact) mass is 370 g/mol. The van der Waals surface area contributed by atoms with Crippen LogP contribution in [-0.2, 0) is 4.79 Å². The summed E-state index contributed by atoms with van der Waals surface area (Å²) >= 11 is 0. The summed E-state index contributed by atoms with van der Waals surface area (Å²) in [6, 6.07) is 12.0. The molecule has 7 heteroatoms. The Bertz CT molecular complexity index is 780. The van der Waals surface area contributed by atoms with Gasteiger partial charge in [-0.15, -0.1) is 0 Å². The van der Waals surface area contributed by atoms with Gasteiger partial charge in [0.15, 0.2) is 0 Å². The van der Waals surface area contributed by atoms with Gasteiger partial charge in [0.05, 0.1) is 5.56 Å². The van der Waals surface area contributed by atoms with Crippen LogP contribution in [0.15, 0.2) is 40.8 Å². The quantitative estimate of drug-likeness (QED) is 0.786. The average Bonchev–Trinajstić information content (AvgIpc) is 3.03. The highest BCUT2D eigenvalue weighted by Crippen LogP contribution is 2.15. The van der Waals surface area contributed by atoms with E-state index in [-0.39, 0.29) is 11.8 Å². The van der Waals surface area contributed by atoms with Gasteiger partial charge in [0.25, 0.3) is 5.91 Å². The molecule has 0 bridgehead atoms. The van der Waals surface area contributed by atoms with Crippen molar-refractivity contribution in [1.29, 1.82) is 0 Å². The lowest BCUT2D eigenvalue weighted by Gasteiger charge is -2.36. The number of anilines is 1. The van der Waals surface area contributed by atoms with Crippen LogP contribution in [0.25, 0.3) is 0 Å². The molecule has 1 aliphatic heterocycles. The first-order valence-electron chi connectivity index (χ1n) is 9.21. The maximum atomic E-state index is 12.1. The Labute approximate surface area is 159 Å².